The van der Waals surface area contributed by atoms with Gasteiger partial charge in [0.25, 0.3) is 0 Å². The molecule has 4 N–H and O–H groups in total. The van der Waals surface area contributed by atoms with Gasteiger partial charge in [-0.1, -0.05) is 48.5 Å². The van der Waals surface area contributed by atoms with Gasteiger partial charge < -0.3 is 20.8 Å². The molecule has 0 saturated heterocycles. The number of carbonyl (C=O) groups excluding carboxylic acids is 2. The Kier molecular flexibility index (Phi) is 4.29. The number of carbonyl (C=O) groups is 2. The quantitative estimate of drug-likeness (QED) is 0.400. The van der Waals surface area contributed by atoms with Crippen molar-refractivity contribution in [1.82, 2.24) is 0 Å². The fourth-order valence-electron chi connectivity index (χ4n) is 3.16. The van der Waals surface area contributed by atoms with Crippen LogP contribution >= 0.6 is 0 Å². The minimum Gasteiger partial charge on any atom is -0.507 e. The number of rotatable bonds is 2. The molecule has 0 unspecified atom stereocenters. The molecule has 0 spiro atoms. The maximum absolute atomic E-state index is 12.4. The first-order chi connectivity index (χ1) is 13.5. The molecule has 4 aromatic rings. The van der Waals surface area contributed by atoms with Crippen molar-refractivity contribution in [2.75, 3.05) is 10.6 Å². The standard InChI is InChI=1S/C22H16N2O4/c25-19-11-3-5-13-15(19)7-1-9-17(13)23-21(27)22(28)24-18-10-2-8-16-14(18)6-4-12-20(16)26/h1-12,25-26H,(H,23,27)(H,24,28). The van der Waals surface area contributed by atoms with Crippen molar-refractivity contribution in [3.63, 3.8) is 0 Å². The van der Waals surface area contributed by atoms with Crippen molar-refractivity contribution in [3.8, 4) is 11.5 Å². The SMILES string of the molecule is O=C(Nc1cccc2c(O)cccc12)C(=O)Nc1cccc2c(O)cccc12. The van der Waals surface area contributed by atoms with Crippen LogP contribution in [-0.2, 0) is 9.59 Å². The van der Waals surface area contributed by atoms with E-state index in [1.54, 1.807) is 72.8 Å². The highest BCUT2D eigenvalue weighted by molar-refractivity contribution is 6.44. The highest BCUT2D eigenvalue weighted by Crippen LogP contribution is 2.31. The average Bonchev–Trinajstić information content (AvgIpc) is 2.69. The number of anilines is 2. The highest BCUT2D eigenvalue weighted by Gasteiger charge is 2.17. The molecule has 0 aromatic heterocycles. The fourth-order valence-corrected chi connectivity index (χ4v) is 3.16. The van der Waals surface area contributed by atoms with Crippen molar-refractivity contribution >= 4 is 44.7 Å². The van der Waals surface area contributed by atoms with E-state index < -0.39 is 11.8 Å². The van der Waals surface area contributed by atoms with Crippen LogP contribution < -0.4 is 10.6 Å². The van der Waals surface area contributed by atoms with Gasteiger partial charge in [0.15, 0.2) is 0 Å². The molecule has 0 aliphatic carbocycles. The Morgan fingerprint density at radius 3 is 1.32 bits per heavy atom. The zero-order valence-electron chi connectivity index (χ0n) is 14.6. The Hall–Kier alpha value is -4.06. The second kappa shape index (κ2) is 6.92. The van der Waals surface area contributed by atoms with Gasteiger partial charge in [-0.25, -0.2) is 0 Å². The second-order valence-corrected chi connectivity index (χ2v) is 6.26. The first-order valence-electron chi connectivity index (χ1n) is 8.58. The molecule has 0 heterocycles. The molecule has 6 nitrogen and oxygen atoms in total. The fraction of sp³-hybridized carbons (Fsp3) is 0. The van der Waals surface area contributed by atoms with Gasteiger partial charge in [-0.15, -0.1) is 0 Å². The summed E-state index contributed by atoms with van der Waals surface area (Å²) >= 11 is 0. The van der Waals surface area contributed by atoms with E-state index in [1.165, 1.54) is 0 Å². The van der Waals surface area contributed by atoms with E-state index in [4.69, 9.17) is 0 Å². The zero-order chi connectivity index (χ0) is 19.7. The number of phenolic OH excluding ortho intramolecular Hbond substituents is 2. The molecule has 0 fully saturated rings. The normalized spacial score (nSPS) is 10.7. The van der Waals surface area contributed by atoms with Gasteiger partial charge in [0.2, 0.25) is 0 Å². The molecular formula is C22H16N2O4. The predicted molar refractivity (Wildman–Crippen MR) is 108 cm³/mol. The third kappa shape index (κ3) is 3.07. The lowest BCUT2D eigenvalue weighted by molar-refractivity contribution is -0.132. The highest BCUT2D eigenvalue weighted by atomic mass is 16.3. The van der Waals surface area contributed by atoms with Crippen LogP contribution in [0.15, 0.2) is 72.8 Å². The number of amides is 2. The van der Waals surface area contributed by atoms with Gasteiger partial charge in [-0.2, -0.15) is 0 Å². The Bertz CT molecular complexity index is 1140. The lowest BCUT2D eigenvalue weighted by Crippen LogP contribution is -2.29. The lowest BCUT2D eigenvalue weighted by atomic mass is 10.1. The summed E-state index contributed by atoms with van der Waals surface area (Å²) in [4.78, 5) is 24.8. The third-order valence-corrected chi connectivity index (χ3v) is 4.50. The summed E-state index contributed by atoms with van der Waals surface area (Å²) in [5.41, 5.74) is 0.841. The van der Waals surface area contributed by atoms with E-state index in [2.05, 4.69) is 10.6 Å². The second-order valence-electron chi connectivity index (χ2n) is 6.26. The first-order valence-corrected chi connectivity index (χ1v) is 8.58. The van der Waals surface area contributed by atoms with E-state index in [-0.39, 0.29) is 11.5 Å². The average molecular weight is 372 g/mol. The van der Waals surface area contributed by atoms with Gasteiger partial charge in [0.05, 0.1) is 0 Å². The van der Waals surface area contributed by atoms with E-state index in [9.17, 15) is 19.8 Å². The molecule has 2 amide bonds. The summed E-state index contributed by atoms with van der Waals surface area (Å²) in [5.74, 6) is -1.50. The number of fused-ring (bicyclic) bond motifs is 2. The molecule has 0 atom stereocenters. The van der Waals surface area contributed by atoms with Crippen molar-refractivity contribution in [1.29, 1.82) is 0 Å². The Morgan fingerprint density at radius 1 is 0.536 bits per heavy atom. The minimum absolute atomic E-state index is 0.0913. The van der Waals surface area contributed by atoms with Crippen LogP contribution in [0, 0.1) is 0 Å². The van der Waals surface area contributed by atoms with Crippen molar-refractivity contribution in [3.05, 3.63) is 72.8 Å². The Labute approximate surface area is 160 Å². The van der Waals surface area contributed by atoms with Gasteiger partial charge in [-0.05, 0) is 24.3 Å². The molecule has 4 aromatic carbocycles. The number of hydrogen-bond donors (Lipinski definition) is 4. The van der Waals surface area contributed by atoms with Crippen LogP contribution in [-0.4, -0.2) is 22.0 Å². The van der Waals surface area contributed by atoms with Crippen LogP contribution in [0.5, 0.6) is 11.5 Å². The summed E-state index contributed by atoms with van der Waals surface area (Å²) in [6, 6.07) is 20.1. The molecule has 0 aliphatic rings. The van der Waals surface area contributed by atoms with Crippen LogP contribution in [0.25, 0.3) is 21.5 Å². The number of nitrogens with one attached hydrogen (secondary N) is 2. The summed E-state index contributed by atoms with van der Waals surface area (Å²) in [6.07, 6.45) is 0. The molecule has 0 saturated carbocycles. The zero-order valence-corrected chi connectivity index (χ0v) is 14.6. The van der Waals surface area contributed by atoms with Gasteiger partial charge in [0, 0.05) is 32.9 Å². The lowest BCUT2D eigenvalue weighted by Gasteiger charge is -2.11. The van der Waals surface area contributed by atoms with E-state index in [0.29, 0.717) is 32.9 Å². The van der Waals surface area contributed by atoms with Crippen LogP contribution in [0.3, 0.4) is 0 Å². The van der Waals surface area contributed by atoms with E-state index >= 15 is 0 Å². The van der Waals surface area contributed by atoms with Gasteiger partial charge in [-0.3, -0.25) is 9.59 Å². The molecule has 0 bridgehead atoms. The van der Waals surface area contributed by atoms with Gasteiger partial charge in [0.1, 0.15) is 11.5 Å². The molecule has 138 valence electrons. The minimum atomic E-state index is -0.840. The topological polar surface area (TPSA) is 98.7 Å². The molecule has 28 heavy (non-hydrogen) atoms. The van der Waals surface area contributed by atoms with Crippen molar-refractivity contribution in [2.45, 2.75) is 0 Å². The maximum Gasteiger partial charge on any atom is 0.314 e. The van der Waals surface area contributed by atoms with E-state index in [1.807, 2.05) is 0 Å². The maximum atomic E-state index is 12.4. The predicted octanol–water partition coefficient (Wildman–Crippen LogP) is 3.98. The Balaban J connectivity index is 1.60. The number of aromatic hydroxyl groups is 2. The van der Waals surface area contributed by atoms with Crippen molar-refractivity contribution in [2.24, 2.45) is 0 Å². The summed E-state index contributed by atoms with van der Waals surface area (Å²) in [6.45, 7) is 0. The first kappa shape index (κ1) is 17.4. The number of phenols is 2. The Morgan fingerprint density at radius 2 is 0.893 bits per heavy atom. The van der Waals surface area contributed by atoms with Crippen molar-refractivity contribution < 1.29 is 19.8 Å². The molecule has 6 heteroatoms. The molecular weight excluding hydrogens is 356 g/mol. The van der Waals surface area contributed by atoms with Crippen LogP contribution in [0.1, 0.15) is 0 Å². The number of benzene rings is 4. The summed E-state index contributed by atoms with van der Waals surface area (Å²) in [5, 5.41) is 27.4. The molecule has 0 aliphatic heterocycles. The van der Waals surface area contributed by atoms with Gasteiger partial charge >= 0.3 is 11.8 Å². The van der Waals surface area contributed by atoms with Crippen LogP contribution in [0.2, 0.25) is 0 Å². The monoisotopic (exact) mass is 372 g/mol. The molecule has 0 radical (unpaired) electrons. The molecule has 4 rings (SSSR count). The van der Waals surface area contributed by atoms with E-state index in [0.717, 1.165) is 0 Å². The van der Waals surface area contributed by atoms with Crippen LogP contribution in [0.4, 0.5) is 11.4 Å². The summed E-state index contributed by atoms with van der Waals surface area (Å²) in [7, 11) is 0. The smallest absolute Gasteiger partial charge is 0.314 e. The summed E-state index contributed by atoms with van der Waals surface area (Å²) < 4.78 is 0. The largest absolute Gasteiger partial charge is 0.507 e. The number of hydrogen-bond acceptors (Lipinski definition) is 4. The third-order valence-electron chi connectivity index (χ3n) is 4.50.